The minimum absolute atomic E-state index is 0.0153. The molecule has 0 aliphatic heterocycles. The molecule has 108 valence electrons. The fourth-order valence-electron chi connectivity index (χ4n) is 1.42. The lowest BCUT2D eigenvalue weighted by molar-refractivity contribution is 0.160. The summed E-state index contributed by atoms with van der Waals surface area (Å²) >= 11 is 0. The second-order valence-electron chi connectivity index (χ2n) is 6.63. The molecule has 19 heavy (non-hydrogen) atoms. The van der Waals surface area contributed by atoms with Crippen LogP contribution in [0.4, 0.5) is 8.78 Å². The molecule has 0 aromatic heterocycles. The van der Waals surface area contributed by atoms with Gasteiger partial charge in [0.05, 0.1) is 6.61 Å². The van der Waals surface area contributed by atoms with E-state index in [0.29, 0.717) is 6.61 Å². The maximum atomic E-state index is 13.4. The summed E-state index contributed by atoms with van der Waals surface area (Å²) in [4.78, 5) is 0. The zero-order valence-electron chi connectivity index (χ0n) is 12.3. The highest BCUT2D eigenvalue weighted by Gasteiger charge is 2.22. The number of nitrogens with one attached hydrogen (secondary N) is 1. The fraction of sp³-hybridized carbons (Fsp3) is 0.600. The van der Waals surface area contributed by atoms with Crippen molar-refractivity contribution in [2.24, 2.45) is 5.41 Å². The first-order valence-electron chi connectivity index (χ1n) is 6.42. The van der Waals surface area contributed by atoms with Crippen molar-refractivity contribution in [3.63, 3.8) is 0 Å². The van der Waals surface area contributed by atoms with E-state index in [0.717, 1.165) is 24.7 Å². The molecule has 0 atom stereocenters. The Labute approximate surface area is 114 Å². The van der Waals surface area contributed by atoms with Crippen LogP contribution < -0.4 is 10.1 Å². The number of benzene rings is 1. The molecule has 1 aromatic rings. The highest BCUT2D eigenvalue weighted by molar-refractivity contribution is 5.24. The Morgan fingerprint density at radius 2 is 1.74 bits per heavy atom. The number of rotatable bonds is 5. The zero-order chi connectivity index (χ0) is 14.7. The molecule has 0 fully saturated rings. The van der Waals surface area contributed by atoms with Crippen LogP contribution in [0.5, 0.6) is 5.75 Å². The third-order valence-electron chi connectivity index (χ3n) is 2.61. The SMILES string of the molecule is CC(C)(CNC(C)(C)C)COc1cc(F)ccc1F. The average molecular weight is 271 g/mol. The Hall–Kier alpha value is -1.16. The van der Waals surface area contributed by atoms with Gasteiger partial charge >= 0.3 is 0 Å². The van der Waals surface area contributed by atoms with Crippen LogP contribution in [-0.2, 0) is 0 Å². The summed E-state index contributed by atoms with van der Waals surface area (Å²) in [7, 11) is 0. The molecule has 1 rings (SSSR count). The molecule has 0 bridgehead atoms. The average Bonchev–Trinajstić information content (AvgIpc) is 2.27. The summed E-state index contributed by atoms with van der Waals surface area (Å²) < 4.78 is 31.8. The molecule has 0 amide bonds. The molecule has 0 unspecified atom stereocenters. The van der Waals surface area contributed by atoms with Crippen LogP contribution in [0.3, 0.4) is 0 Å². The minimum Gasteiger partial charge on any atom is -0.490 e. The van der Waals surface area contributed by atoms with E-state index in [9.17, 15) is 8.78 Å². The number of ether oxygens (including phenoxy) is 1. The van der Waals surface area contributed by atoms with Gasteiger partial charge in [-0.1, -0.05) is 13.8 Å². The van der Waals surface area contributed by atoms with Gasteiger partial charge in [-0.15, -0.1) is 0 Å². The second-order valence-corrected chi connectivity index (χ2v) is 6.63. The van der Waals surface area contributed by atoms with Gasteiger partial charge in [-0.25, -0.2) is 8.78 Å². The van der Waals surface area contributed by atoms with Gasteiger partial charge < -0.3 is 10.1 Å². The predicted octanol–water partition coefficient (Wildman–Crippen LogP) is 3.76. The summed E-state index contributed by atoms with van der Waals surface area (Å²) in [6.07, 6.45) is 0. The highest BCUT2D eigenvalue weighted by atomic mass is 19.1. The third kappa shape index (κ3) is 6.01. The summed E-state index contributed by atoms with van der Waals surface area (Å²) in [6.45, 7) is 11.3. The van der Waals surface area contributed by atoms with E-state index in [1.54, 1.807) is 0 Å². The molecular formula is C15H23F2NO. The first-order chi connectivity index (χ1) is 8.59. The molecule has 0 spiro atoms. The van der Waals surface area contributed by atoms with Crippen molar-refractivity contribution in [2.75, 3.05) is 13.2 Å². The van der Waals surface area contributed by atoms with Crippen molar-refractivity contribution in [2.45, 2.75) is 40.2 Å². The van der Waals surface area contributed by atoms with Gasteiger partial charge in [0.2, 0.25) is 0 Å². The lowest BCUT2D eigenvalue weighted by Crippen LogP contribution is -2.43. The number of hydrogen-bond donors (Lipinski definition) is 1. The molecule has 0 aliphatic rings. The van der Waals surface area contributed by atoms with E-state index in [1.807, 2.05) is 13.8 Å². The van der Waals surface area contributed by atoms with Crippen molar-refractivity contribution < 1.29 is 13.5 Å². The van der Waals surface area contributed by atoms with Gasteiger partial charge in [-0.3, -0.25) is 0 Å². The summed E-state index contributed by atoms with van der Waals surface area (Å²) in [5.74, 6) is -1.08. The third-order valence-corrected chi connectivity index (χ3v) is 2.61. The minimum atomic E-state index is -0.541. The molecule has 0 aliphatic carbocycles. The van der Waals surface area contributed by atoms with Crippen LogP contribution in [0, 0.1) is 17.0 Å². The second kappa shape index (κ2) is 5.87. The van der Waals surface area contributed by atoms with E-state index < -0.39 is 11.6 Å². The van der Waals surface area contributed by atoms with Crippen LogP contribution in [0.1, 0.15) is 34.6 Å². The van der Waals surface area contributed by atoms with E-state index >= 15 is 0 Å². The molecule has 0 radical (unpaired) electrons. The van der Waals surface area contributed by atoms with Crippen molar-refractivity contribution in [3.8, 4) is 5.75 Å². The van der Waals surface area contributed by atoms with Gasteiger partial charge in [0.25, 0.3) is 0 Å². The Kier molecular flexibility index (Phi) is 4.91. The van der Waals surface area contributed by atoms with Crippen molar-refractivity contribution >= 4 is 0 Å². The summed E-state index contributed by atoms with van der Waals surface area (Å²) in [5, 5.41) is 3.38. The van der Waals surface area contributed by atoms with Crippen molar-refractivity contribution in [1.29, 1.82) is 0 Å². The Morgan fingerprint density at radius 1 is 1.11 bits per heavy atom. The van der Waals surface area contributed by atoms with Gasteiger partial charge in [-0.2, -0.15) is 0 Å². The first kappa shape index (κ1) is 15.9. The highest BCUT2D eigenvalue weighted by Crippen LogP contribution is 2.22. The molecule has 2 nitrogen and oxygen atoms in total. The number of halogens is 2. The molecule has 0 saturated carbocycles. The lowest BCUT2D eigenvalue weighted by atomic mass is 9.93. The molecule has 1 aromatic carbocycles. The monoisotopic (exact) mass is 271 g/mol. The standard InChI is InChI=1S/C15H23F2NO/c1-14(2,3)18-9-15(4,5)10-19-13-8-11(16)6-7-12(13)17/h6-8,18H,9-10H2,1-5H3. The Morgan fingerprint density at radius 3 is 2.32 bits per heavy atom. The maximum Gasteiger partial charge on any atom is 0.165 e. The smallest absolute Gasteiger partial charge is 0.165 e. The van der Waals surface area contributed by atoms with Crippen LogP contribution in [0.25, 0.3) is 0 Å². The van der Waals surface area contributed by atoms with E-state index in [1.165, 1.54) is 0 Å². The first-order valence-corrected chi connectivity index (χ1v) is 6.42. The summed E-state index contributed by atoms with van der Waals surface area (Å²) in [5.41, 5.74) is -0.159. The number of hydrogen-bond acceptors (Lipinski definition) is 2. The van der Waals surface area contributed by atoms with Crippen molar-refractivity contribution in [1.82, 2.24) is 5.32 Å². The van der Waals surface area contributed by atoms with E-state index in [4.69, 9.17) is 4.74 Å². The molecular weight excluding hydrogens is 248 g/mol. The molecule has 1 N–H and O–H groups in total. The molecule has 4 heteroatoms. The summed E-state index contributed by atoms with van der Waals surface area (Å²) in [6, 6.07) is 3.22. The predicted molar refractivity (Wildman–Crippen MR) is 73.4 cm³/mol. The van der Waals surface area contributed by atoms with Gasteiger partial charge in [0.1, 0.15) is 5.82 Å². The maximum absolute atomic E-state index is 13.4. The fourth-order valence-corrected chi connectivity index (χ4v) is 1.42. The van der Waals surface area contributed by atoms with E-state index in [2.05, 4.69) is 26.1 Å². The largest absolute Gasteiger partial charge is 0.490 e. The van der Waals surface area contributed by atoms with Crippen LogP contribution in [0.15, 0.2) is 18.2 Å². The van der Waals surface area contributed by atoms with Crippen LogP contribution in [-0.4, -0.2) is 18.7 Å². The van der Waals surface area contributed by atoms with Gasteiger partial charge in [0.15, 0.2) is 11.6 Å². The Balaban J connectivity index is 2.57. The van der Waals surface area contributed by atoms with Gasteiger partial charge in [0, 0.05) is 23.6 Å². The topological polar surface area (TPSA) is 21.3 Å². The molecule has 0 saturated heterocycles. The van der Waals surface area contributed by atoms with Crippen molar-refractivity contribution in [3.05, 3.63) is 29.8 Å². The van der Waals surface area contributed by atoms with Gasteiger partial charge in [-0.05, 0) is 32.9 Å². The van der Waals surface area contributed by atoms with Crippen LogP contribution >= 0.6 is 0 Å². The zero-order valence-corrected chi connectivity index (χ0v) is 12.3. The Bertz CT molecular complexity index is 425. The normalized spacial score (nSPS) is 12.6. The van der Waals surface area contributed by atoms with Crippen LogP contribution in [0.2, 0.25) is 0 Å². The quantitative estimate of drug-likeness (QED) is 0.880. The molecule has 0 heterocycles. The lowest BCUT2D eigenvalue weighted by Gasteiger charge is -2.30. The van der Waals surface area contributed by atoms with E-state index in [-0.39, 0.29) is 16.7 Å².